The first kappa shape index (κ1) is 22.5. The molecule has 0 saturated heterocycles. The molecule has 34 heavy (non-hydrogen) atoms. The Kier molecular flexibility index (Phi) is 6.28. The Bertz CT molecular complexity index is 1560. The van der Waals surface area contributed by atoms with Crippen molar-refractivity contribution < 1.29 is 13.6 Å². The SMILES string of the molecule is O=C(C=Cc1ccc(-c2cccc(Cl)c2Cl)o1)Nc1ccc2oc(-c3cccc(Br)c3)nc2c1. The molecule has 5 nitrogen and oxygen atoms in total. The van der Waals surface area contributed by atoms with Crippen LogP contribution in [-0.2, 0) is 4.79 Å². The fourth-order valence-electron chi connectivity index (χ4n) is 3.37. The largest absolute Gasteiger partial charge is 0.457 e. The molecule has 3 aromatic carbocycles. The molecule has 8 heteroatoms. The van der Waals surface area contributed by atoms with E-state index in [9.17, 15) is 4.79 Å². The first-order valence-corrected chi connectivity index (χ1v) is 11.7. The number of benzene rings is 3. The summed E-state index contributed by atoms with van der Waals surface area (Å²) in [5.74, 6) is 1.26. The number of carbonyl (C=O) groups is 1. The number of carbonyl (C=O) groups excluding carboxylic acids is 1. The normalized spacial score (nSPS) is 11.4. The molecule has 0 aliphatic heterocycles. The van der Waals surface area contributed by atoms with Crippen LogP contribution in [0.2, 0.25) is 10.0 Å². The standard InChI is InChI=1S/C26H15BrCl2N2O3/c27-16-4-1-3-15(13-16)26-31-21-14-17(7-10-23(21)34-26)30-24(32)12-9-18-8-11-22(33-18)19-5-2-6-20(28)25(19)29/h1-14H,(H,30,32). The van der Waals surface area contributed by atoms with Crippen LogP contribution in [0.25, 0.3) is 40.0 Å². The lowest BCUT2D eigenvalue weighted by Gasteiger charge is -2.02. The van der Waals surface area contributed by atoms with E-state index in [1.54, 1.807) is 48.5 Å². The van der Waals surface area contributed by atoms with Crippen molar-refractivity contribution >= 4 is 67.9 Å². The average molecular weight is 554 g/mol. The van der Waals surface area contributed by atoms with E-state index in [0.717, 1.165) is 10.0 Å². The van der Waals surface area contributed by atoms with Crippen molar-refractivity contribution in [2.45, 2.75) is 0 Å². The summed E-state index contributed by atoms with van der Waals surface area (Å²) in [5.41, 5.74) is 3.41. The van der Waals surface area contributed by atoms with Crippen LogP contribution in [0, 0.1) is 0 Å². The fourth-order valence-corrected chi connectivity index (χ4v) is 4.17. The maximum absolute atomic E-state index is 12.4. The summed E-state index contributed by atoms with van der Waals surface area (Å²) in [7, 11) is 0. The highest BCUT2D eigenvalue weighted by Gasteiger charge is 2.12. The Hall–Kier alpha value is -3.32. The Balaban J connectivity index is 1.29. The number of furan rings is 1. The number of fused-ring (bicyclic) bond motifs is 1. The molecular formula is C26H15BrCl2N2O3. The lowest BCUT2D eigenvalue weighted by atomic mass is 10.2. The van der Waals surface area contributed by atoms with Crippen LogP contribution < -0.4 is 5.32 Å². The van der Waals surface area contributed by atoms with E-state index in [1.807, 2.05) is 30.3 Å². The number of anilines is 1. The molecule has 0 unspecified atom stereocenters. The molecule has 0 aliphatic carbocycles. The third-order valence-corrected chi connectivity index (χ3v) is 6.28. The molecule has 1 N–H and O–H groups in total. The van der Waals surface area contributed by atoms with E-state index < -0.39 is 0 Å². The van der Waals surface area contributed by atoms with Gasteiger partial charge in [-0.3, -0.25) is 4.79 Å². The predicted octanol–water partition coefficient (Wildman–Crippen LogP) is 8.48. The Morgan fingerprint density at radius 1 is 0.971 bits per heavy atom. The van der Waals surface area contributed by atoms with Crippen LogP contribution in [0.1, 0.15) is 5.76 Å². The van der Waals surface area contributed by atoms with Gasteiger partial charge >= 0.3 is 0 Å². The molecular weight excluding hydrogens is 539 g/mol. The lowest BCUT2D eigenvalue weighted by Crippen LogP contribution is -2.07. The van der Waals surface area contributed by atoms with Gasteiger partial charge in [-0.2, -0.15) is 0 Å². The smallest absolute Gasteiger partial charge is 0.248 e. The summed E-state index contributed by atoms with van der Waals surface area (Å²) in [4.78, 5) is 17.0. The number of nitrogens with one attached hydrogen (secondary N) is 1. The first-order valence-electron chi connectivity index (χ1n) is 10.2. The van der Waals surface area contributed by atoms with Gasteiger partial charge in [-0.05, 0) is 66.7 Å². The molecule has 1 amide bonds. The molecule has 168 valence electrons. The number of amides is 1. The van der Waals surface area contributed by atoms with Gasteiger partial charge in [0.25, 0.3) is 0 Å². The van der Waals surface area contributed by atoms with Crippen LogP contribution in [0.5, 0.6) is 0 Å². The zero-order valence-corrected chi connectivity index (χ0v) is 20.5. The third kappa shape index (κ3) is 4.80. The Labute approximate surface area is 213 Å². The third-order valence-electron chi connectivity index (χ3n) is 4.97. The predicted molar refractivity (Wildman–Crippen MR) is 139 cm³/mol. The molecule has 2 aromatic heterocycles. The summed E-state index contributed by atoms with van der Waals surface area (Å²) in [5, 5.41) is 3.68. The molecule has 0 fully saturated rings. The van der Waals surface area contributed by atoms with Gasteiger partial charge in [-0.1, -0.05) is 51.3 Å². The van der Waals surface area contributed by atoms with E-state index in [0.29, 0.717) is 49.8 Å². The van der Waals surface area contributed by atoms with Crippen LogP contribution in [0.15, 0.2) is 92.2 Å². The number of oxazole rings is 1. The minimum absolute atomic E-state index is 0.311. The molecule has 0 aliphatic rings. The second-order valence-corrected chi connectivity index (χ2v) is 9.04. The maximum Gasteiger partial charge on any atom is 0.248 e. The minimum atomic E-state index is -0.311. The molecule has 0 bridgehead atoms. The van der Waals surface area contributed by atoms with E-state index in [1.165, 1.54) is 6.08 Å². The first-order chi connectivity index (χ1) is 16.5. The molecule has 5 rings (SSSR count). The zero-order chi connectivity index (χ0) is 23.7. The van der Waals surface area contributed by atoms with Crippen molar-refractivity contribution in [3.05, 3.63) is 99.2 Å². The Morgan fingerprint density at radius 2 is 1.82 bits per heavy atom. The van der Waals surface area contributed by atoms with Gasteiger partial charge in [-0.15, -0.1) is 0 Å². The van der Waals surface area contributed by atoms with Crippen molar-refractivity contribution in [1.29, 1.82) is 0 Å². The Morgan fingerprint density at radius 3 is 2.68 bits per heavy atom. The van der Waals surface area contributed by atoms with E-state index in [2.05, 4.69) is 26.2 Å². The zero-order valence-electron chi connectivity index (χ0n) is 17.4. The van der Waals surface area contributed by atoms with E-state index in [4.69, 9.17) is 32.0 Å². The summed E-state index contributed by atoms with van der Waals surface area (Å²) in [6.45, 7) is 0. The van der Waals surface area contributed by atoms with E-state index >= 15 is 0 Å². The van der Waals surface area contributed by atoms with Gasteiger partial charge in [-0.25, -0.2) is 4.98 Å². The quantitative estimate of drug-likeness (QED) is 0.221. The number of rotatable bonds is 5. The van der Waals surface area contributed by atoms with Crippen molar-refractivity contribution in [1.82, 2.24) is 4.98 Å². The second-order valence-electron chi connectivity index (χ2n) is 7.34. The van der Waals surface area contributed by atoms with Gasteiger partial charge < -0.3 is 14.2 Å². The number of nitrogens with zero attached hydrogens (tertiary/aromatic N) is 1. The molecule has 5 aromatic rings. The monoisotopic (exact) mass is 552 g/mol. The molecule has 0 atom stereocenters. The highest BCUT2D eigenvalue weighted by atomic mass is 79.9. The highest BCUT2D eigenvalue weighted by molar-refractivity contribution is 9.10. The summed E-state index contributed by atoms with van der Waals surface area (Å²) < 4.78 is 12.6. The lowest BCUT2D eigenvalue weighted by molar-refractivity contribution is -0.111. The number of hydrogen-bond acceptors (Lipinski definition) is 4. The number of halogens is 3. The highest BCUT2D eigenvalue weighted by Crippen LogP contribution is 2.34. The minimum Gasteiger partial charge on any atom is -0.457 e. The number of hydrogen-bond donors (Lipinski definition) is 1. The summed E-state index contributed by atoms with van der Waals surface area (Å²) in [6.07, 6.45) is 2.97. The second kappa shape index (κ2) is 9.50. The molecule has 2 heterocycles. The van der Waals surface area contributed by atoms with Gasteiger partial charge in [0, 0.05) is 27.4 Å². The van der Waals surface area contributed by atoms with Crippen LogP contribution in [0.4, 0.5) is 5.69 Å². The van der Waals surface area contributed by atoms with Gasteiger partial charge in [0.05, 0.1) is 10.0 Å². The maximum atomic E-state index is 12.4. The van der Waals surface area contributed by atoms with Crippen LogP contribution in [0.3, 0.4) is 0 Å². The van der Waals surface area contributed by atoms with Gasteiger partial charge in [0.15, 0.2) is 5.58 Å². The van der Waals surface area contributed by atoms with Crippen molar-refractivity contribution in [2.75, 3.05) is 5.32 Å². The fraction of sp³-hybridized carbons (Fsp3) is 0. The van der Waals surface area contributed by atoms with Crippen molar-refractivity contribution in [3.63, 3.8) is 0 Å². The van der Waals surface area contributed by atoms with Gasteiger partial charge in [0.2, 0.25) is 11.8 Å². The molecule has 0 saturated carbocycles. The van der Waals surface area contributed by atoms with Crippen LogP contribution >= 0.6 is 39.1 Å². The molecule has 0 spiro atoms. The summed E-state index contributed by atoms with van der Waals surface area (Å²) >= 11 is 15.8. The summed E-state index contributed by atoms with van der Waals surface area (Å²) in [6, 6.07) is 21.8. The van der Waals surface area contributed by atoms with Crippen molar-refractivity contribution in [3.8, 4) is 22.8 Å². The number of aromatic nitrogens is 1. The molecule has 0 radical (unpaired) electrons. The topological polar surface area (TPSA) is 68.3 Å². The average Bonchev–Trinajstić information content (AvgIpc) is 3.46. The van der Waals surface area contributed by atoms with Crippen molar-refractivity contribution in [2.24, 2.45) is 0 Å². The van der Waals surface area contributed by atoms with Gasteiger partial charge in [0.1, 0.15) is 17.0 Å². The van der Waals surface area contributed by atoms with Crippen LogP contribution in [-0.4, -0.2) is 10.9 Å². The van der Waals surface area contributed by atoms with E-state index in [-0.39, 0.29) is 5.91 Å².